The molecule has 0 radical (unpaired) electrons. The van der Waals surface area contributed by atoms with Crippen molar-refractivity contribution in [3.8, 4) is 39.5 Å². The largest absolute Gasteiger partial charge is 0.455 e. The number of para-hydroxylation sites is 3. The van der Waals surface area contributed by atoms with Crippen molar-refractivity contribution in [2.75, 3.05) is 0 Å². The van der Waals surface area contributed by atoms with Gasteiger partial charge in [-0.1, -0.05) is 135 Å². The van der Waals surface area contributed by atoms with E-state index in [4.69, 9.17) is 11.0 Å². The van der Waals surface area contributed by atoms with Gasteiger partial charge in [-0.25, -0.2) is 8.96 Å². The van der Waals surface area contributed by atoms with Crippen molar-refractivity contribution in [2.24, 2.45) is 0 Å². The first-order valence-electron chi connectivity index (χ1n) is 20.9. The lowest BCUT2D eigenvalue weighted by molar-refractivity contribution is -0.723. The van der Waals surface area contributed by atoms with E-state index in [2.05, 4.69) is 149 Å². The number of rotatable bonds is 3. The van der Waals surface area contributed by atoms with Crippen LogP contribution >= 0.6 is 0 Å². The van der Waals surface area contributed by atoms with Gasteiger partial charge in [0.15, 0.2) is 28.9 Å². The number of allylic oxidation sites excluding steroid dienone is 1. The molecule has 0 N–H and O–H groups in total. The molecule has 2 aliphatic rings. The van der Waals surface area contributed by atoms with Crippen LogP contribution in [0.5, 0.6) is 0 Å². The van der Waals surface area contributed by atoms with Gasteiger partial charge in [-0.3, -0.25) is 0 Å². The fourth-order valence-corrected chi connectivity index (χ4v) is 11.5. The Morgan fingerprint density at radius 2 is 1.40 bits per heavy atom. The fourth-order valence-electron chi connectivity index (χ4n) is 10.4. The van der Waals surface area contributed by atoms with Crippen molar-refractivity contribution in [1.29, 1.82) is 0 Å². The molecule has 4 nitrogen and oxygen atoms in total. The van der Waals surface area contributed by atoms with E-state index in [1.165, 1.54) is 22.0 Å². The highest BCUT2D eigenvalue weighted by atomic mass is 28.3. The normalized spacial score (nSPS) is 16.0. The maximum atomic E-state index is 16.5. The molecule has 5 heterocycles. The van der Waals surface area contributed by atoms with Crippen LogP contribution in [-0.2, 0) is 6.54 Å². The molecule has 7 aromatic carbocycles. The van der Waals surface area contributed by atoms with Crippen LogP contribution in [0.2, 0.25) is 19.6 Å². The summed E-state index contributed by atoms with van der Waals surface area (Å²) in [5.74, 6) is 0.765. The highest BCUT2D eigenvalue weighted by Crippen LogP contribution is 2.50. The van der Waals surface area contributed by atoms with Crippen molar-refractivity contribution >= 4 is 62.6 Å². The summed E-state index contributed by atoms with van der Waals surface area (Å²) in [6, 6.07) is 54.9. The molecule has 0 saturated heterocycles. The van der Waals surface area contributed by atoms with Crippen molar-refractivity contribution in [2.45, 2.75) is 38.1 Å². The first-order chi connectivity index (χ1) is 29.3. The number of hydrogen-bond acceptors (Lipinski definition) is 1. The van der Waals surface area contributed by atoms with Crippen LogP contribution in [0.3, 0.4) is 0 Å². The van der Waals surface area contributed by atoms with Gasteiger partial charge in [0.25, 0.3) is 5.82 Å². The number of benzene rings is 7. The van der Waals surface area contributed by atoms with Gasteiger partial charge in [0.2, 0.25) is 5.69 Å². The number of pyridine rings is 1. The van der Waals surface area contributed by atoms with E-state index < -0.39 is 8.07 Å². The summed E-state index contributed by atoms with van der Waals surface area (Å²) < 4.78 is 31.0. The molecule has 6 heteroatoms. The molecule has 0 saturated carbocycles. The molecule has 2 atom stereocenters. The number of aromatic nitrogens is 3. The molecule has 0 bridgehead atoms. The Balaban J connectivity index is 1.28. The standard InChI is InChI=1S/C54H42FN3OSi/c1-33-36-27-28-42-40-21-12-15-25-49(40)59-53(42)50(36)54-57(32-44-37-18-8-10-20-39(37)46-29-26-35(60(2,3)4)31-56(46)51(33)44)47-23-13-14-24-48(47)58(54)52-41-22-11-9-19-38(41)45(55)30-43(52)34-16-6-5-7-17-34/h5-31,44,51H,1,32H2,2-4H3/q+2. The topological polar surface area (TPSA) is 25.8 Å². The Hall–Kier alpha value is -6.89. The minimum atomic E-state index is -1.70. The van der Waals surface area contributed by atoms with Crippen molar-refractivity contribution in [1.82, 2.24) is 4.57 Å². The molecule has 60 heavy (non-hydrogen) atoms. The van der Waals surface area contributed by atoms with Gasteiger partial charge in [0, 0.05) is 49.5 Å². The third-order valence-electron chi connectivity index (χ3n) is 13.2. The molecule has 2 unspecified atom stereocenters. The summed E-state index contributed by atoms with van der Waals surface area (Å²) in [4.78, 5) is 0. The number of halogens is 1. The summed E-state index contributed by atoms with van der Waals surface area (Å²) >= 11 is 0. The molecular formula is C54H42FN3OSi+2. The Morgan fingerprint density at radius 1 is 0.683 bits per heavy atom. The van der Waals surface area contributed by atoms with Gasteiger partial charge in [-0.2, -0.15) is 9.13 Å². The van der Waals surface area contributed by atoms with Gasteiger partial charge in [0.05, 0.1) is 19.6 Å². The second-order valence-corrected chi connectivity index (χ2v) is 22.6. The number of furan rings is 1. The van der Waals surface area contributed by atoms with Crippen LogP contribution < -0.4 is 14.3 Å². The number of fused-ring (bicyclic) bond motifs is 16. The monoisotopic (exact) mass is 795 g/mol. The first kappa shape index (κ1) is 35.1. The Labute approximate surface area is 348 Å². The molecule has 0 aliphatic carbocycles. The lowest BCUT2D eigenvalue weighted by Gasteiger charge is -2.33. The van der Waals surface area contributed by atoms with E-state index in [-0.39, 0.29) is 17.8 Å². The average molecular weight is 796 g/mol. The third-order valence-corrected chi connectivity index (χ3v) is 15.2. The number of imidazole rings is 1. The summed E-state index contributed by atoms with van der Waals surface area (Å²) in [5, 5.41) is 4.94. The second-order valence-electron chi connectivity index (χ2n) is 17.5. The summed E-state index contributed by atoms with van der Waals surface area (Å²) in [6.45, 7) is 13.0. The van der Waals surface area contributed by atoms with Crippen LogP contribution in [0.4, 0.5) is 4.39 Å². The molecule has 12 rings (SSSR count). The lowest BCUT2D eigenvalue weighted by atomic mass is 9.76. The molecule has 0 fully saturated rings. The Kier molecular flexibility index (Phi) is 7.49. The Bertz CT molecular complexity index is 3450. The number of nitrogens with zero attached hydrogens (tertiary/aromatic N) is 3. The third kappa shape index (κ3) is 4.94. The van der Waals surface area contributed by atoms with Gasteiger partial charge >= 0.3 is 0 Å². The summed E-state index contributed by atoms with van der Waals surface area (Å²) in [7, 11) is -1.70. The lowest BCUT2D eigenvalue weighted by Crippen LogP contribution is -2.55. The fraction of sp³-hybridized carbons (Fsp3) is 0.111. The zero-order chi connectivity index (χ0) is 40.4. The van der Waals surface area contributed by atoms with Crippen molar-refractivity contribution in [3.63, 3.8) is 0 Å². The van der Waals surface area contributed by atoms with Gasteiger partial charge in [-0.15, -0.1) is 0 Å². The van der Waals surface area contributed by atoms with Crippen molar-refractivity contribution < 1.29 is 17.9 Å². The highest BCUT2D eigenvalue weighted by Gasteiger charge is 2.48. The van der Waals surface area contributed by atoms with E-state index in [9.17, 15) is 0 Å². The van der Waals surface area contributed by atoms with Crippen LogP contribution in [-0.4, -0.2) is 12.6 Å². The zero-order valence-electron chi connectivity index (χ0n) is 33.8. The molecular weight excluding hydrogens is 754 g/mol. The molecule has 0 amide bonds. The van der Waals surface area contributed by atoms with Crippen LogP contribution in [0, 0.1) is 5.82 Å². The second kappa shape index (κ2) is 12.8. The average Bonchev–Trinajstić information content (AvgIpc) is 3.80. The molecule has 3 aromatic heterocycles. The molecule has 0 spiro atoms. The highest BCUT2D eigenvalue weighted by molar-refractivity contribution is 6.88. The van der Waals surface area contributed by atoms with Crippen LogP contribution in [0.1, 0.15) is 23.1 Å². The van der Waals surface area contributed by atoms with Crippen LogP contribution in [0.15, 0.2) is 175 Å². The maximum absolute atomic E-state index is 16.5. The van der Waals surface area contributed by atoms with Gasteiger partial charge < -0.3 is 4.42 Å². The van der Waals surface area contributed by atoms with E-state index in [0.29, 0.717) is 11.9 Å². The summed E-state index contributed by atoms with van der Waals surface area (Å²) in [5.41, 5.74) is 13.3. The predicted octanol–water partition coefficient (Wildman–Crippen LogP) is 12.3. The predicted molar refractivity (Wildman–Crippen MR) is 245 cm³/mol. The summed E-state index contributed by atoms with van der Waals surface area (Å²) in [6.07, 6.45) is 2.44. The zero-order valence-corrected chi connectivity index (χ0v) is 34.8. The molecule has 2 aliphatic heterocycles. The molecule has 288 valence electrons. The number of hydrogen-bond donors (Lipinski definition) is 0. The minimum absolute atomic E-state index is 0.0316. The molecule has 10 aromatic rings. The van der Waals surface area contributed by atoms with Gasteiger partial charge in [-0.05, 0) is 53.6 Å². The smallest absolute Gasteiger partial charge is 0.299 e. The van der Waals surface area contributed by atoms with Gasteiger partial charge in [0.1, 0.15) is 29.2 Å². The van der Waals surface area contributed by atoms with E-state index in [1.54, 1.807) is 6.07 Å². The van der Waals surface area contributed by atoms with Crippen molar-refractivity contribution in [3.05, 3.63) is 187 Å². The van der Waals surface area contributed by atoms with E-state index in [0.717, 1.165) is 77.7 Å². The quantitative estimate of drug-likeness (QED) is 0.129. The van der Waals surface area contributed by atoms with E-state index in [1.807, 2.05) is 42.5 Å². The van der Waals surface area contributed by atoms with E-state index >= 15 is 4.39 Å². The van der Waals surface area contributed by atoms with Crippen LogP contribution in [0.25, 0.3) is 88.8 Å². The Morgan fingerprint density at radius 3 is 2.23 bits per heavy atom. The first-order valence-corrected chi connectivity index (χ1v) is 24.4. The minimum Gasteiger partial charge on any atom is -0.455 e. The maximum Gasteiger partial charge on any atom is 0.299 e. The SMILES string of the molecule is C=C1c2ccc3c(oc4ccccc43)c2-c2n(-c3c(-c4ccccc4)cc(F)c4ccccc34)c3ccccc3[n+]2CC2c3ccccc3-c3ccc([Si](C)(C)C)c[n+]3C12.